The Bertz CT molecular complexity index is 566. The van der Waals surface area contributed by atoms with Crippen LogP contribution in [0.2, 0.25) is 0 Å². The van der Waals surface area contributed by atoms with E-state index in [-0.39, 0.29) is 36.1 Å². The zero-order valence-electron chi connectivity index (χ0n) is 13.5. The summed E-state index contributed by atoms with van der Waals surface area (Å²) < 4.78 is 13.6. The first-order chi connectivity index (χ1) is 10.7. The zero-order chi connectivity index (χ0) is 17.6. The highest BCUT2D eigenvalue weighted by Gasteiger charge is 2.18. The van der Waals surface area contributed by atoms with Crippen molar-refractivity contribution in [3.63, 3.8) is 0 Å². The van der Waals surface area contributed by atoms with Gasteiger partial charge in [0.15, 0.2) is 0 Å². The summed E-state index contributed by atoms with van der Waals surface area (Å²) in [5, 5.41) is 5.30. The Kier molecular flexibility index (Phi) is 7.64. The van der Waals surface area contributed by atoms with E-state index in [9.17, 15) is 14.0 Å². The first-order valence-electron chi connectivity index (χ1n) is 7.47. The van der Waals surface area contributed by atoms with E-state index >= 15 is 0 Å². The molecule has 1 unspecified atom stereocenters. The van der Waals surface area contributed by atoms with Gasteiger partial charge in [-0.25, -0.2) is 4.39 Å². The molecule has 5 nitrogen and oxygen atoms in total. The van der Waals surface area contributed by atoms with Crippen LogP contribution in [0, 0.1) is 11.7 Å². The van der Waals surface area contributed by atoms with Gasteiger partial charge in [0.25, 0.3) is 0 Å². The third-order valence-corrected chi connectivity index (χ3v) is 3.99. The number of hydrogen-bond donors (Lipinski definition) is 3. The largest absolute Gasteiger partial charge is 0.352 e. The minimum Gasteiger partial charge on any atom is -0.352 e. The summed E-state index contributed by atoms with van der Waals surface area (Å²) >= 11 is 3.13. The van der Waals surface area contributed by atoms with Crippen LogP contribution in [0.1, 0.15) is 26.3 Å². The first-order valence-corrected chi connectivity index (χ1v) is 8.26. The van der Waals surface area contributed by atoms with Crippen LogP contribution in [0.15, 0.2) is 22.7 Å². The summed E-state index contributed by atoms with van der Waals surface area (Å²) in [6.45, 7) is 5.41. The maximum absolute atomic E-state index is 13.2. The summed E-state index contributed by atoms with van der Waals surface area (Å²) in [5.74, 6) is -0.947. The van der Waals surface area contributed by atoms with Crippen LogP contribution in [0.4, 0.5) is 4.39 Å². The zero-order valence-corrected chi connectivity index (χ0v) is 15.1. The lowest BCUT2D eigenvalue weighted by Gasteiger charge is -2.17. The molecule has 0 aliphatic carbocycles. The topological polar surface area (TPSA) is 84.2 Å². The summed E-state index contributed by atoms with van der Waals surface area (Å²) in [5.41, 5.74) is 6.60. The van der Waals surface area contributed by atoms with E-state index in [1.54, 1.807) is 12.1 Å². The summed E-state index contributed by atoms with van der Waals surface area (Å²) in [7, 11) is 0. The Morgan fingerprint density at radius 1 is 1.30 bits per heavy atom. The smallest absolute Gasteiger partial charge is 0.239 e. The Labute approximate surface area is 144 Å². The van der Waals surface area contributed by atoms with E-state index in [4.69, 9.17) is 5.73 Å². The quantitative estimate of drug-likeness (QED) is 0.665. The molecule has 2 amide bonds. The fourth-order valence-corrected chi connectivity index (χ4v) is 2.41. The number of hydrogen-bond acceptors (Lipinski definition) is 3. The number of carbonyl (C=O) groups is 2. The molecule has 0 saturated heterocycles. The fourth-order valence-electron chi connectivity index (χ4n) is 1.99. The van der Waals surface area contributed by atoms with Crippen LogP contribution in [0.3, 0.4) is 0 Å². The molecule has 2 atom stereocenters. The lowest BCUT2D eigenvalue weighted by molar-refractivity contribution is -0.127. The summed E-state index contributed by atoms with van der Waals surface area (Å²) in [4.78, 5) is 23.5. The maximum atomic E-state index is 13.2. The van der Waals surface area contributed by atoms with Crippen molar-refractivity contribution >= 4 is 27.7 Å². The highest BCUT2D eigenvalue weighted by molar-refractivity contribution is 9.10. The number of rotatable bonds is 7. The van der Waals surface area contributed by atoms with Crippen LogP contribution >= 0.6 is 15.9 Å². The van der Waals surface area contributed by atoms with Gasteiger partial charge >= 0.3 is 0 Å². The van der Waals surface area contributed by atoms with E-state index < -0.39 is 6.04 Å². The molecule has 0 aromatic heterocycles. The predicted octanol–water partition coefficient (Wildman–Crippen LogP) is 1.73. The molecule has 0 heterocycles. The molecule has 1 aromatic carbocycles. The van der Waals surface area contributed by atoms with Crippen molar-refractivity contribution in [1.82, 2.24) is 10.6 Å². The van der Waals surface area contributed by atoms with Crippen LogP contribution < -0.4 is 16.4 Å². The molecular weight excluding hydrogens is 365 g/mol. The lowest BCUT2D eigenvalue weighted by atomic mass is 10.1. The molecule has 1 rings (SSSR count). The number of carbonyl (C=O) groups excluding carboxylic acids is 2. The van der Waals surface area contributed by atoms with Gasteiger partial charge in [0, 0.05) is 6.04 Å². The number of benzene rings is 1. The molecular formula is C16H23BrFN3O2. The Morgan fingerprint density at radius 2 is 1.96 bits per heavy atom. The molecule has 0 saturated carbocycles. The number of nitrogens with one attached hydrogen (secondary N) is 2. The predicted molar refractivity (Wildman–Crippen MR) is 91.2 cm³/mol. The van der Waals surface area contributed by atoms with Crippen molar-refractivity contribution in [2.24, 2.45) is 11.7 Å². The van der Waals surface area contributed by atoms with Gasteiger partial charge in [-0.2, -0.15) is 0 Å². The van der Waals surface area contributed by atoms with Crippen LogP contribution in [0.25, 0.3) is 0 Å². The standard InChI is InChI=1S/C16H23BrFN3O2/c1-9(2)15(19)16(23)20-8-14(22)21-10(3)6-11-4-5-13(18)12(17)7-11/h4-5,7,9-10,15H,6,8,19H2,1-3H3,(H,20,23)(H,21,22)/t10?,15-/m0/s1. The molecule has 0 aliphatic rings. The minimum atomic E-state index is -0.628. The summed E-state index contributed by atoms with van der Waals surface area (Å²) in [6.07, 6.45) is 0.560. The molecule has 7 heteroatoms. The van der Waals surface area contributed by atoms with Crippen molar-refractivity contribution < 1.29 is 14.0 Å². The van der Waals surface area contributed by atoms with E-state index in [1.807, 2.05) is 20.8 Å². The van der Waals surface area contributed by atoms with Crippen LogP contribution in [-0.2, 0) is 16.0 Å². The molecule has 0 aliphatic heterocycles. The van der Waals surface area contributed by atoms with Crippen molar-refractivity contribution in [2.45, 2.75) is 39.3 Å². The van der Waals surface area contributed by atoms with E-state index in [1.165, 1.54) is 6.07 Å². The lowest BCUT2D eigenvalue weighted by Crippen LogP contribution is -2.48. The van der Waals surface area contributed by atoms with Crippen LogP contribution in [0.5, 0.6) is 0 Å². The summed E-state index contributed by atoms with van der Waals surface area (Å²) in [6, 6.07) is 3.96. The van der Waals surface area contributed by atoms with Gasteiger partial charge in [-0.3, -0.25) is 9.59 Å². The van der Waals surface area contributed by atoms with Gasteiger partial charge in [0.1, 0.15) is 5.82 Å². The van der Waals surface area contributed by atoms with Gasteiger partial charge in [-0.05, 0) is 52.9 Å². The third-order valence-electron chi connectivity index (χ3n) is 3.38. The molecule has 23 heavy (non-hydrogen) atoms. The van der Waals surface area contributed by atoms with Gasteiger partial charge in [0.05, 0.1) is 17.1 Å². The van der Waals surface area contributed by atoms with E-state index in [2.05, 4.69) is 26.6 Å². The molecule has 1 aromatic rings. The normalized spacial score (nSPS) is 13.5. The maximum Gasteiger partial charge on any atom is 0.239 e. The molecule has 0 radical (unpaired) electrons. The second-order valence-corrected chi connectivity index (χ2v) is 6.76. The van der Waals surface area contributed by atoms with Crippen molar-refractivity contribution in [1.29, 1.82) is 0 Å². The van der Waals surface area contributed by atoms with Crippen molar-refractivity contribution in [3.05, 3.63) is 34.1 Å². The fraction of sp³-hybridized carbons (Fsp3) is 0.500. The Morgan fingerprint density at radius 3 is 2.52 bits per heavy atom. The second kappa shape index (κ2) is 8.98. The highest BCUT2D eigenvalue weighted by Crippen LogP contribution is 2.17. The minimum absolute atomic E-state index is 0.00825. The van der Waals surface area contributed by atoms with E-state index in [0.717, 1.165) is 5.56 Å². The third kappa shape index (κ3) is 6.66. The first kappa shape index (κ1) is 19.6. The van der Waals surface area contributed by atoms with E-state index in [0.29, 0.717) is 10.9 Å². The molecule has 128 valence electrons. The van der Waals surface area contributed by atoms with Crippen LogP contribution in [-0.4, -0.2) is 30.4 Å². The highest BCUT2D eigenvalue weighted by atomic mass is 79.9. The van der Waals surface area contributed by atoms with Gasteiger partial charge < -0.3 is 16.4 Å². The average molecular weight is 388 g/mol. The average Bonchev–Trinajstić information content (AvgIpc) is 2.47. The van der Waals surface area contributed by atoms with Gasteiger partial charge in [-0.1, -0.05) is 19.9 Å². The number of amides is 2. The number of nitrogens with two attached hydrogens (primary N) is 1. The molecule has 0 spiro atoms. The SMILES string of the molecule is CC(Cc1ccc(F)c(Br)c1)NC(=O)CNC(=O)[C@@H](N)C(C)C. The van der Waals surface area contributed by atoms with Gasteiger partial charge in [-0.15, -0.1) is 0 Å². The van der Waals surface area contributed by atoms with Crippen molar-refractivity contribution in [2.75, 3.05) is 6.54 Å². The van der Waals surface area contributed by atoms with Crippen molar-refractivity contribution in [3.8, 4) is 0 Å². The molecule has 0 bridgehead atoms. The molecule has 4 N–H and O–H groups in total. The second-order valence-electron chi connectivity index (χ2n) is 5.91. The molecule has 0 fully saturated rings. The number of halogens is 2. The monoisotopic (exact) mass is 387 g/mol. The Hall–Kier alpha value is -1.47. The van der Waals surface area contributed by atoms with Gasteiger partial charge in [0.2, 0.25) is 11.8 Å². The Balaban J connectivity index is 2.41.